The van der Waals surface area contributed by atoms with E-state index in [1.165, 1.54) is 31.7 Å². The molecule has 0 spiro atoms. The maximum absolute atomic E-state index is 12.9. The number of amides is 1. The van der Waals surface area contributed by atoms with Crippen LogP contribution in [0, 0.1) is 5.92 Å². The van der Waals surface area contributed by atoms with Crippen LogP contribution in [0.3, 0.4) is 0 Å². The maximum atomic E-state index is 12.9. The molecule has 3 rings (SSSR count). The molecule has 5 nitrogen and oxygen atoms in total. The number of hydrogen-bond donors (Lipinski definition) is 1. The first-order valence-corrected chi connectivity index (χ1v) is 9.13. The number of carbonyl (C=O) groups is 1. The number of nitrogens with zero attached hydrogens (tertiary/aromatic N) is 3. The fourth-order valence-electron chi connectivity index (χ4n) is 3.51. The number of alkyl halides is 3. The molecule has 142 valence electrons. The third-order valence-electron chi connectivity index (χ3n) is 4.84. The molecule has 1 saturated carbocycles. The van der Waals surface area contributed by atoms with Crippen molar-refractivity contribution in [1.82, 2.24) is 14.5 Å². The van der Waals surface area contributed by atoms with Gasteiger partial charge in [0.2, 0.25) is 11.9 Å². The van der Waals surface area contributed by atoms with E-state index in [4.69, 9.17) is 0 Å². The molecule has 2 aromatic heterocycles. The standard InChI is InChI=1S/C18H23F3N4O/c1-2-11-25-16-13(8-9-14(23-16)18(19,20)21)22-17(25)24-15(26)10-7-12-5-3-4-6-12/h8-9,12H,2-7,10-11H2,1H3,(H,22,24,26). The molecule has 0 radical (unpaired) electrons. The molecule has 2 heterocycles. The van der Waals surface area contributed by atoms with Crippen LogP contribution >= 0.6 is 0 Å². The summed E-state index contributed by atoms with van der Waals surface area (Å²) in [4.78, 5) is 20.3. The molecule has 1 amide bonds. The number of imidazole rings is 1. The number of aryl methyl sites for hydroxylation is 1. The van der Waals surface area contributed by atoms with Gasteiger partial charge in [-0.25, -0.2) is 9.97 Å². The minimum atomic E-state index is -4.51. The molecule has 0 aromatic carbocycles. The topological polar surface area (TPSA) is 59.8 Å². The van der Waals surface area contributed by atoms with E-state index >= 15 is 0 Å². The molecule has 1 fully saturated rings. The lowest BCUT2D eigenvalue weighted by Crippen LogP contribution is -2.17. The molecule has 1 aliphatic rings. The van der Waals surface area contributed by atoms with Gasteiger partial charge >= 0.3 is 6.18 Å². The summed E-state index contributed by atoms with van der Waals surface area (Å²) in [7, 11) is 0. The van der Waals surface area contributed by atoms with E-state index in [-0.39, 0.29) is 17.5 Å². The van der Waals surface area contributed by atoms with Gasteiger partial charge < -0.3 is 0 Å². The molecule has 26 heavy (non-hydrogen) atoms. The molecular formula is C18H23F3N4O. The number of fused-ring (bicyclic) bond motifs is 1. The lowest BCUT2D eigenvalue weighted by atomic mass is 10.0. The smallest absolute Gasteiger partial charge is 0.296 e. The molecule has 0 saturated heterocycles. The van der Waals surface area contributed by atoms with E-state index < -0.39 is 11.9 Å². The second-order valence-electron chi connectivity index (χ2n) is 6.86. The van der Waals surface area contributed by atoms with Crippen molar-refractivity contribution in [2.24, 2.45) is 5.92 Å². The molecule has 0 unspecified atom stereocenters. The predicted molar refractivity (Wildman–Crippen MR) is 92.6 cm³/mol. The summed E-state index contributed by atoms with van der Waals surface area (Å²) in [5, 5.41) is 2.76. The summed E-state index contributed by atoms with van der Waals surface area (Å²) < 4.78 is 40.4. The van der Waals surface area contributed by atoms with Crippen molar-refractivity contribution in [3.63, 3.8) is 0 Å². The third kappa shape index (κ3) is 4.16. The number of carbonyl (C=O) groups excluding carboxylic acids is 1. The largest absolute Gasteiger partial charge is 0.433 e. The summed E-state index contributed by atoms with van der Waals surface area (Å²) in [6.45, 7) is 2.34. The van der Waals surface area contributed by atoms with E-state index in [9.17, 15) is 18.0 Å². The Morgan fingerprint density at radius 2 is 2.00 bits per heavy atom. The van der Waals surface area contributed by atoms with Crippen LogP contribution < -0.4 is 5.32 Å². The van der Waals surface area contributed by atoms with Crippen molar-refractivity contribution in [2.75, 3.05) is 5.32 Å². The first-order chi connectivity index (χ1) is 12.4. The maximum Gasteiger partial charge on any atom is 0.433 e. The molecule has 1 aliphatic carbocycles. The number of anilines is 1. The highest BCUT2D eigenvalue weighted by Crippen LogP contribution is 2.30. The van der Waals surface area contributed by atoms with Gasteiger partial charge in [-0.1, -0.05) is 32.6 Å². The minimum Gasteiger partial charge on any atom is -0.296 e. The van der Waals surface area contributed by atoms with Crippen LogP contribution in [-0.4, -0.2) is 20.4 Å². The van der Waals surface area contributed by atoms with E-state index in [2.05, 4.69) is 15.3 Å². The Morgan fingerprint density at radius 3 is 2.65 bits per heavy atom. The van der Waals surface area contributed by atoms with Crippen LogP contribution in [0.15, 0.2) is 12.1 Å². The summed E-state index contributed by atoms with van der Waals surface area (Å²) >= 11 is 0. The Bertz CT molecular complexity index is 779. The third-order valence-corrected chi connectivity index (χ3v) is 4.84. The van der Waals surface area contributed by atoms with Gasteiger partial charge in [0.25, 0.3) is 0 Å². The van der Waals surface area contributed by atoms with E-state index in [0.29, 0.717) is 30.8 Å². The summed E-state index contributed by atoms with van der Waals surface area (Å²) in [5.41, 5.74) is -0.466. The highest BCUT2D eigenvalue weighted by molar-refractivity contribution is 5.91. The van der Waals surface area contributed by atoms with Crippen molar-refractivity contribution >= 4 is 23.0 Å². The van der Waals surface area contributed by atoms with Gasteiger partial charge in [-0.15, -0.1) is 0 Å². The van der Waals surface area contributed by atoms with Gasteiger partial charge in [0.15, 0.2) is 5.65 Å². The van der Waals surface area contributed by atoms with E-state index in [1.54, 1.807) is 4.57 Å². The molecule has 0 atom stereocenters. The fraction of sp³-hybridized carbons (Fsp3) is 0.611. The Labute approximate surface area is 150 Å². The highest BCUT2D eigenvalue weighted by atomic mass is 19.4. The molecule has 1 N–H and O–H groups in total. The van der Waals surface area contributed by atoms with Gasteiger partial charge in [-0.05, 0) is 30.9 Å². The van der Waals surface area contributed by atoms with Crippen LogP contribution in [0.2, 0.25) is 0 Å². The number of aromatic nitrogens is 3. The van der Waals surface area contributed by atoms with Crippen molar-refractivity contribution in [3.05, 3.63) is 17.8 Å². The molecule has 8 heteroatoms. The van der Waals surface area contributed by atoms with Crippen LogP contribution in [-0.2, 0) is 17.5 Å². The number of pyridine rings is 1. The number of halogens is 3. The van der Waals surface area contributed by atoms with Crippen LogP contribution in [0.1, 0.15) is 57.6 Å². The Hall–Kier alpha value is -2.12. The zero-order valence-electron chi connectivity index (χ0n) is 14.8. The number of rotatable bonds is 6. The Kier molecular flexibility index (Phi) is 5.48. The SMILES string of the molecule is CCCn1c(NC(=O)CCC2CCCC2)nc2ccc(C(F)(F)F)nc21. The zero-order chi connectivity index (χ0) is 18.7. The van der Waals surface area contributed by atoms with E-state index in [1.807, 2.05) is 6.92 Å². The first-order valence-electron chi connectivity index (χ1n) is 9.13. The Morgan fingerprint density at radius 1 is 1.27 bits per heavy atom. The van der Waals surface area contributed by atoms with Crippen molar-refractivity contribution in [2.45, 2.75) is 64.6 Å². The average Bonchev–Trinajstić information content (AvgIpc) is 3.21. The second-order valence-corrected chi connectivity index (χ2v) is 6.86. The van der Waals surface area contributed by atoms with Gasteiger partial charge in [0, 0.05) is 13.0 Å². The van der Waals surface area contributed by atoms with Gasteiger partial charge in [-0.3, -0.25) is 14.7 Å². The van der Waals surface area contributed by atoms with Crippen molar-refractivity contribution in [1.29, 1.82) is 0 Å². The van der Waals surface area contributed by atoms with Crippen molar-refractivity contribution < 1.29 is 18.0 Å². The van der Waals surface area contributed by atoms with Gasteiger partial charge in [-0.2, -0.15) is 13.2 Å². The van der Waals surface area contributed by atoms with Gasteiger partial charge in [0.1, 0.15) is 11.2 Å². The average molecular weight is 368 g/mol. The van der Waals surface area contributed by atoms with Crippen LogP contribution in [0.5, 0.6) is 0 Å². The summed E-state index contributed by atoms with van der Waals surface area (Å²) in [5.74, 6) is 0.719. The quantitative estimate of drug-likeness (QED) is 0.799. The summed E-state index contributed by atoms with van der Waals surface area (Å²) in [6.07, 6.45) is 2.22. The van der Waals surface area contributed by atoms with Crippen molar-refractivity contribution in [3.8, 4) is 0 Å². The molecule has 0 aliphatic heterocycles. The monoisotopic (exact) mass is 368 g/mol. The lowest BCUT2D eigenvalue weighted by molar-refractivity contribution is -0.141. The highest BCUT2D eigenvalue weighted by Gasteiger charge is 2.33. The predicted octanol–water partition coefficient (Wildman–Crippen LogP) is 4.77. The summed E-state index contributed by atoms with van der Waals surface area (Å²) in [6, 6.07) is 2.21. The number of hydrogen-bond acceptors (Lipinski definition) is 3. The molecule has 0 bridgehead atoms. The minimum absolute atomic E-state index is 0.146. The zero-order valence-corrected chi connectivity index (χ0v) is 14.8. The van der Waals surface area contributed by atoms with Crippen LogP contribution in [0.25, 0.3) is 11.2 Å². The second kappa shape index (κ2) is 7.63. The molecular weight excluding hydrogens is 345 g/mol. The van der Waals surface area contributed by atoms with E-state index in [0.717, 1.165) is 12.5 Å². The lowest BCUT2D eigenvalue weighted by Gasteiger charge is -2.11. The normalized spacial score (nSPS) is 15.7. The Balaban J connectivity index is 1.80. The fourth-order valence-corrected chi connectivity index (χ4v) is 3.51. The first kappa shape index (κ1) is 18.7. The number of nitrogens with one attached hydrogen (secondary N) is 1. The van der Waals surface area contributed by atoms with Crippen LogP contribution in [0.4, 0.5) is 19.1 Å². The van der Waals surface area contributed by atoms with Gasteiger partial charge in [0.05, 0.1) is 0 Å². The molecule has 2 aromatic rings.